The highest BCUT2D eigenvalue weighted by Crippen LogP contribution is 2.29. The van der Waals surface area contributed by atoms with Crippen LogP contribution in [-0.2, 0) is 0 Å². The van der Waals surface area contributed by atoms with Gasteiger partial charge in [-0.1, -0.05) is 23.2 Å². The summed E-state index contributed by atoms with van der Waals surface area (Å²) in [6.07, 6.45) is 1.52. The largest absolute Gasteiger partial charge is 0.373 e. The van der Waals surface area contributed by atoms with E-state index in [4.69, 9.17) is 23.2 Å². The maximum absolute atomic E-state index is 5.98. The second-order valence-corrected chi connectivity index (χ2v) is 4.48. The van der Waals surface area contributed by atoms with Gasteiger partial charge >= 0.3 is 0 Å². The Balaban J connectivity index is 2.60. The van der Waals surface area contributed by atoms with Gasteiger partial charge in [0.25, 0.3) is 0 Å². The Bertz CT molecular complexity index is 535. The molecule has 17 heavy (non-hydrogen) atoms. The highest BCUT2D eigenvalue weighted by Gasteiger charge is 2.09. The molecule has 0 fully saturated rings. The van der Waals surface area contributed by atoms with E-state index in [9.17, 15) is 0 Å². The first-order valence-electron chi connectivity index (χ1n) is 5.07. The minimum Gasteiger partial charge on any atom is -0.373 e. The van der Waals surface area contributed by atoms with Gasteiger partial charge in [-0.25, -0.2) is 9.97 Å². The molecule has 1 heterocycles. The topological polar surface area (TPSA) is 37.8 Å². The lowest BCUT2D eigenvalue weighted by molar-refractivity contribution is 1.13. The molecular formula is C12H11Cl2N3. The average molecular weight is 268 g/mol. The van der Waals surface area contributed by atoms with Gasteiger partial charge in [0.1, 0.15) is 12.1 Å². The van der Waals surface area contributed by atoms with Crippen LogP contribution in [0.15, 0.2) is 24.5 Å². The maximum atomic E-state index is 5.98. The summed E-state index contributed by atoms with van der Waals surface area (Å²) >= 11 is 12.0. The van der Waals surface area contributed by atoms with Crippen molar-refractivity contribution in [3.8, 4) is 11.3 Å². The van der Waals surface area contributed by atoms with Crippen LogP contribution in [0.25, 0.3) is 11.3 Å². The maximum Gasteiger partial charge on any atom is 0.132 e. The van der Waals surface area contributed by atoms with Gasteiger partial charge in [-0.05, 0) is 25.1 Å². The van der Waals surface area contributed by atoms with E-state index in [-0.39, 0.29) is 0 Å². The molecule has 0 aliphatic rings. The van der Waals surface area contributed by atoms with Crippen LogP contribution in [-0.4, -0.2) is 17.0 Å². The lowest BCUT2D eigenvalue weighted by atomic mass is 10.1. The third-order valence-corrected chi connectivity index (χ3v) is 2.89. The molecule has 0 aliphatic heterocycles. The van der Waals surface area contributed by atoms with E-state index in [0.717, 1.165) is 22.6 Å². The molecule has 5 heteroatoms. The van der Waals surface area contributed by atoms with Crippen molar-refractivity contribution in [2.75, 3.05) is 12.4 Å². The zero-order valence-corrected chi connectivity index (χ0v) is 11.0. The predicted octanol–water partition coefficient (Wildman–Crippen LogP) is 3.80. The molecule has 0 atom stereocenters. The second kappa shape index (κ2) is 4.90. The molecule has 2 rings (SSSR count). The first-order chi connectivity index (χ1) is 8.11. The highest BCUT2D eigenvalue weighted by atomic mass is 35.5. The average Bonchev–Trinajstić information content (AvgIpc) is 2.28. The van der Waals surface area contributed by atoms with E-state index in [1.54, 1.807) is 6.07 Å². The molecule has 1 aromatic heterocycles. The monoisotopic (exact) mass is 267 g/mol. The van der Waals surface area contributed by atoms with Crippen molar-refractivity contribution in [3.05, 3.63) is 40.1 Å². The molecule has 88 valence electrons. The Morgan fingerprint density at radius 1 is 1.06 bits per heavy atom. The summed E-state index contributed by atoms with van der Waals surface area (Å²) in [7, 11) is 1.82. The van der Waals surface area contributed by atoms with Crippen molar-refractivity contribution in [2.45, 2.75) is 6.92 Å². The smallest absolute Gasteiger partial charge is 0.132 e. The Morgan fingerprint density at radius 2 is 1.71 bits per heavy atom. The number of halogens is 2. The first kappa shape index (κ1) is 12.1. The van der Waals surface area contributed by atoms with Crippen LogP contribution in [0.2, 0.25) is 10.0 Å². The lowest BCUT2D eigenvalue weighted by Gasteiger charge is -2.09. The van der Waals surface area contributed by atoms with E-state index in [1.165, 1.54) is 6.33 Å². The number of rotatable bonds is 2. The molecular weight excluding hydrogens is 257 g/mol. The van der Waals surface area contributed by atoms with E-state index >= 15 is 0 Å². The highest BCUT2D eigenvalue weighted by molar-refractivity contribution is 6.35. The van der Waals surface area contributed by atoms with Gasteiger partial charge in [0.15, 0.2) is 0 Å². The molecule has 2 aromatic rings. The van der Waals surface area contributed by atoms with Gasteiger partial charge in [0.2, 0.25) is 0 Å². The summed E-state index contributed by atoms with van der Waals surface area (Å²) in [4.78, 5) is 8.41. The van der Waals surface area contributed by atoms with Crippen LogP contribution in [0.1, 0.15) is 5.56 Å². The number of aromatic nitrogens is 2. The minimum absolute atomic E-state index is 0.594. The van der Waals surface area contributed by atoms with Crippen molar-refractivity contribution in [1.82, 2.24) is 9.97 Å². The Labute approximate surface area is 110 Å². The van der Waals surface area contributed by atoms with Gasteiger partial charge in [0.05, 0.1) is 5.69 Å². The van der Waals surface area contributed by atoms with Crippen LogP contribution in [0.4, 0.5) is 5.82 Å². The van der Waals surface area contributed by atoms with Gasteiger partial charge in [-0.3, -0.25) is 0 Å². The normalized spacial score (nSPS) is 10.4. The fourth-order valence-electron chi connectivity index (χ4n) is 1.68. The van der Waals surface area contributed by atoms with Crippen LogP contribution in [0, 0.1) is 6.92 Å². The molecule has 0 saturated carbocycles. The van der Waals surface area contributed by atoms with Crippen LogP contribution in [0.3, 0.4) is 0 Å². The van der Waals surface area contributed by atoms with Crippen molar-refractivity contribution < 1.29 is 0 Å². The number of benzene rings is 1. The molecule has 0 unspecified atom stereocenters. The number of hydrogen-bond acceptors (Lipinski definition) is 3. The quantitative estimate of drug-likeness (QED) is 0.900. The molecule has 0 saturated heterocycles. The van der Waals surface area contributed by atoms with Crippen molar-refractivity contribution in [2.24, 2.45) is 0 Å². The summed E-state index contributed by atoms with van der Waals surface area (Å²) in [6, 6.07) is 5.37. The summed E-state index contributed by atoms with van der Waals surface area (Å²) in [5, 5.41) is 4.21. The SMILES string of the molecule is CNc1ncnc(-c2cc(Cl)cc(Cl)c2)c1C. The number of anilines is 1. The molecule has 0 amide bonds. The molecule has 0 aliphatic carbocycles. The standard InChI is InChI=1S/C12H11Cl2N3/c1-7-11(16-6-17-12(7)15-2)8-3-9(13)5-10(14)4-8/h3-6H,1-2H3,(H,15,16,17). The molecule has 0 bridgehead atoms. The van der Waals surface area contributed by atoms with Crippen molar-refractivity contribution in [1.29, 1.82) is 0 Å². The summed E-state index contributed by atoms with van der Waals surface area (Å²) < 4.78 is 0. The summed E-state index contributed by atoms with van der Waals surface area (Å²) in [6.45, 7) is 1.95. The Hall–Kier alpha value is -1.32. The summed E-state index contributed by atoms with van der Waals surface area (Å²) in [5.74, 6) is 0.797. The van der Waals surface area contributed by atoms with E-state index in [1.807, 2.05) is 26.1 Å². The molecule has 0 spiro atoms. The van der Waals surface area contributed by atoms with Gasteiger partial charge < -0.3 is 5.32 Å². The Morgan fingerprint density at radius 3 is 2.29 bits per heavy atom. The predicted molar refractivity (Wildman–Crippen MR) is 71.8 cm³/mol. The zero-order valence-electron chi connectivity index (χ0n) is 9.46. The summed E-state index contributed by atoms with van der Waals surface area (Å²) in [5.41, 5.74) is 2.68. The molecule has 0 radical (unpaired) electrons. The number of hydrogen-bond donors (Lipinski definition) is 1. The van der Waals surface area contributed by atoms with Crippen LogP contribution < -0.4 is 5.32 Å². The second-order valence-electron chi connectivity index (χ2n) is 3.60. The fraction of sp³-hybridized carbons (Fsp3) is 0.167. The van der Waals surface area contributed by atoms with Gasteiger partial charge in [-0.15, -0.1) is 0 Å². The van der Waals surface area contributed by atoms with E-state index in [0.29, 0.717) is 10.0 Å². The third kappa shape index (κ3) is 2.51. The van der Waals surface area contributed by atoms with Crippen molar-refractivity contribution >= 4 is 29.0 Å². The van der Waals surface area contributed by atoms with Crippen molar-refractivity contribution in [3.63, 3.8) is 0 Å². The Kier molecular flexibility index (Phi) is 3.50. The van der Waals surface area contributed by atoms with Crippen LogP contribution in [0.5, 0.6) is 0 Å². The third-order valence-electron chi connectivity index (χ3n) is 2.46. The molecule has 1 N–H and O–H groups in total. The molecule has 1 aromatic carbocycles. The van der Waals surface area contributed by atoms with Crippen LogP contribution >= 0.6 is 23.2 Å². The molecule has 3 nitrogen and oxygen atoms in total. The minimum atomic E-state index is 0.594. The van der Waals surface area contributed by atoms with Gasteiger partial charge in [0, 0.05) is 28.2 Å². The lowest BCUT2D eigenvalue weighted by Crippen LogP contribution is -1.99. The number of nitrogens with zero attached hydrogens (tertiary/aromatic N) is 2. The fourth-order valence-corrected chi connectivity index (χ4v) is 2.21. The van der Waals surface area contributed by atoms with E-state index in [2.05, 4.69) is 15.3 Å². The van der Waals surface area contributed by atoms with E-state index < -0.39 is 0 Å². The number of nitrogens with one attached hydrogen (secondary N) is 1. The zero-order chi connectivity index (χ0) is 12.4. The first-order valence-corrected chi connectivity index (χ1v) is 5.83. The van der Waals surface area contributed by atoms with Gasteiger partial charge in [-0.2, -0.15) is 0 Å².